The van der Waals surface area contributed by atoms with Crippen LogP contribution in [0.1, 0.15) is 48.8 Å². The van der Waals surface area contributed by atoms with Crippen molar-refractivity contribution >= 4 is 23.4 Å². The lowest BCUT2D eigenvalue weighted by atomic mass is 9.75. The molecule has 2 saturated heterocycles. The number of nitrogens with one attached hydrogen (secondary N) is 3. The van der Waals surface area contributed by atoms with Gasteiger partial charge < -0.3 is 20.7 Å². The van der Waals surface area contributed by atoms with Gasteiger partial charge in [0.2, 0.25) is 17.7 Å². The average molecular weight is 573 g/mol. The highest BCUT2D eigenvalue weighted by Gasteiger charge is 2.41. The highest BCUT2D eigenvalue weighted by molar-refractivity contribution is 5.93. The van der Waals surface area contributed by atoms with Crippen molar-refractivity contribution in [2.45, 2.75) is 64.5 Å². The number of piperidine rings is 1. The normalized spacial score (nSPS) is 25.7. The van der Waals surface area contributed by atoms with E-state index in [9.17, 15) is 14.4 Å². The first kappa shape index (κ1) is 30.0. The third-order valence-electron chi connectivity index (χ3n) is 9.12. The first-order chi connectivity index (χ1) is 20.3. The molecular weight excluding hydrogens is 528 g/mol. The number of fused-ring (bicyclic) bond motifs is 1. The number of carbonyl (C=O) groups is 3. The van der Waals surface area contributed by atoms with E-state index in [0.29, 0.717) is 58.5 Å². The SMILES string of the molecule is Cc1ccc(NC(=O)CN2CC[C@H]3NC(=O)[C@@H](Cc4ccccc4)NC(=O)C4(C/C=C/C[C@H]3C2)CCOCC4)c(C)c1. The van der Waals surface area contributed by atoms with Crippen LogP contribution in [0.5, 0.6) is 0 Å². The van der Waals surface area contributed by atoms with E-state index in [-0.39, 0.29) is 29.7 Å². The number of benzene rings is 2. The molecule has 8 nitrogen and oxygen atoms in total. The van der Waals surface area contributed by atoms with E-state index >= 15 is 0 Å². The molecule has 0 aromatic heterocycles. The Hall–Kier alpha value is -3.49. The molecule has 0 radical (unpaired) electrons. The number of rotatable bonds is 5. The molecule has 0 unspecified atom stereocenters. The second kappa shape index (κ2) is 13.7. The zero-order valence-electron chi connectivity index (χ0n) is 24.9. The first-order valence-corrected chi connectivity index (χ1v) is 15.3. The summed E-state index contributed by atoms with van der Waals surface area (Å²) in [6.45, 7) is 6.87. The van der Waals surface area contributed by atoms with Crippen LogP contribution in [0.25, 0.3) is 0 Å². The van der Waals surface area contributed by atoms with E-state index in [1.165, 1.54) is 5.56 Å². The molecule has 3 aliphatic heterocycles. The summed E-state index contributed by atoms with van der Waals surface area (Å²) in [6.07, 6.45) is 8.16. The summed E-state index contributed by atoms with van der Waals surface area (Å²) in [4.78, 5) is 42.7. The standard InChI is InChI=1S/C34H44N4O4/c1-24-11-12-28(25(2)20-24)35-31(39)23-38-17-13-29-27(22-38)10-6-7-14-34(15-18-42-19-16-34)33(41)37-30(32(40)36-29)21-26-8-4-3-5-9-26/h3-9,11-12,20,27,29-30H,10,13-19,21-23H2,1-2H3,(H,35,39)(H,36,40)(H,37,41)/b7-6+/t27-,29+,30+/m0/s1. The largest absolute Gasteiger partial charge is 0.381 e. The number of amides is 3. The Morgan fingerprint density at radius 3 is 2.60 bits per heavy atom. The van der Waals surface area contributed by atoms with Crippen LogP contribution in [0.2, 0.25) is 0 Å². The van der Waals surface area contributed by atoms with Crippen molar-refractivity contribution in [1.82, 2.24) is 15.5 Å². The fourth-order valence-corrected chi connectivity index (χ4v) is 6.55. The summed E-state index contributed by atoms with van der Waals surface area (Å²) in [5.41, 5.74) is 3.49. The molecule has 224 valence electrons. The molecule has 1 spiro atoms. The van der Waals surface area contributed by atoms with Gasteiger partial charge in [-0.3, -0.25) is 19.3 Å². The molecule has 3 N–H and O–H groups in total. The van der Waals surface area contributed by atoms with Crippen LogP contribution in [-0.2, 0) is 25.5 Å². The Balaban J connectivity index is 1.31. The zero-order chi connectivity index (χ0) is 29.5. The van der Waals surface area contributed by atoms with E-state index in [1.807, 2.05) is 56.3 Å². The molecule has 3 amide bonds. The van der Waals surface area contributed by atoms with Gasteiger partial charge in [0.15, 0.2) is 0 Å². The van der Waals surface area contributed by atoms with Crippen molar-refractivity contribution in [2.75, 3.05) is 38.2 Å². The van der Waals surface area contributed by atoms with E-state index in [4.69, 9.17) is 4.74 Å². The molecular formula is C34H44N4O4. The lowest BCUT2D eigenvalue weighted by Crippen LogP contribution is -2.58. The zero-order valence-corrected chi connectivity index (χ0v) is 24.9. The molecule has 8 heteroatoms. The van der Waals surface area contributed by atoms with E-state index in [2.05, 4.69) is 39.1 Å². The predicted octanol–water partition coefficient (Wildman–Crippen LogP) is 3.92. The number of ether oxygens (including phenoxy) is 1. The number of carbonyl (C=O) groups excluding carboxylic acids is 3. The topological polar surface area (TPSA) is 99.8 Å². The molecule has 0 saturated carbocycles. The molecule has 2 aromatic carbocycles. The summed E-state index contributed by atoms with van der Waals surface area (Å²) in [5, 5.41) is 9.53. The summed E-state index contributed by atoms with van der Waals surface area (Å²) in [6, 6.07) is 15.2. The lowest BCUT2D eigenvalue weighted by Gasteiger charge is -2.40. The summed E-state index contributed by atoms with van der Waals surface area (Å²) < 4.78 is 5.60. The third-order valence-corrected chi connectivity index (χ3v) is 9.12. The molecule has 3 atom stereocenters. The van der Waals surface area contributed by atoms with Gasteiger partial charge in [0.05, 0.1) is 12.0 Å². The highest BCUT2D eigenvalue weighted by atomic mass is 16.5. The highest BCUT2D eigenvalue weighted by Crippen LogP contribution is 2.36. The van der Waals surface area contributed by atoms with Crippen LogP contribution in [0.4, 0.5) is 5.69 Å². The Morgan fingerprint density at radius 2 is 1.83 bits per heavy atom. The predicted molar refractivity (Wildman–Crippen MR) is 164 cm³/mol. The minimum Gasteiger partial charge on any atom is -0.381 e. The van der Waals surface area contributed by atoms with Crippen LogP contribution in [-0.4, -0.2) is 67.6 Å². The first-order valence-electron chi connectivity index (χ1n) is 15.3. The summed E-state index contributed by atoms with van der Waals surface area (Å²) >= 11 is 0. The molecule has 5 rings (SSSR count). The second-order valence-corrected chi connectivity index (χ2v) is 12.3. The number of hydrogen-bond donors (Lipinski definition) is 3. The van der Waals surface area contributed by atoms with E-state index < -0.39 is 11.5 Å². The molecule has 0 aliphatic carbocycles. The van der Waals surface area contributed by atoms with Crippen LogP contribution in [0, 0.1) is 25.2 Å². The number of nitrogens with zero attached hydrogens (tertiary/aromatic N) is 1. The van der Waals surface area contributed by atoms with Crippen molar-refractivity contribution in [3.8, 4) is 0 Å². The van der Waals surface area contributed by atoms with Gasteiger partial charge in [-0.1, -0.05) is 60.2 Å². The van der Waals surface area contributed by atoms with Crippen molar-refractivity contribution in [1.29, 1.82) is 0 Å². The molecule has 2 fully saturated rings. The Kier molecular flexibility index (Phi) is 9.75. The van der Waals surface area contributed by atoms with Gasteiger partial charge in [-0.25, -0.2) is 0 Å². The van der Waals surface area contributed by atoms with Gasteiger partial charge in [0.25, 0.3) is 0 Å². The summed E-state index contributed by atoms with van der Waals surface area (Å²) in [5.74, 6) is -0.0745. The Morgan fingerprint density at radius 1 is 1.05 bits per heavy atom. The van der Waals surface area contributed by atoms with Crippen molar-refractivity contribution in [3.63, 3.8) is 0 Å². The van der Waals surface area contributed by atoms with Gasteiger partial charge >= 0.3 is 0 Å². The van der Waals surface area contributed by atoms with Crippen molar-refractivity contribution < 1.29 is 19.1 Å². The molecule has 3 aliphatic rings. The maximum Gasteiger partial charge on any atom is 0.243 e. The van der Waals surface area contributed by atoms with Crippen LogP contribution < -0.4 is 16.0 Å². The van der Waals surface area contributed by atoms with Crippen LogP contribution in [0.3, 0.4) is 0 Å². The smallest absolute Gasteiger partial charge is 0.243 e. The van der Waals surface area contributed by atoms with E-state index in [0.717, 1.165) is 29.7 Å². The monoisotopic (exact) mass is 572 g/mol. The minimum atomic E-state index is -0.662. The third kappa shape index (κ3) is 7.47. The number of allylic oxidation sites excluding steroid dienone is 2. The molecule has 0 bridgehead atoms. The molecule has 2 aromatic rings. The minimum absolute atomic E-state index is 0.0276. The Labute approximate surface area is 249 Å². The second-order valence-electron chi connectivity index (χ2n) is 12.3. The molecule has 3 heterocycles. The number of aryl methyl sites for hydroxylation is 2. The van der Waals surface area contributed by atoms with Gasteiger partial charge in [0.1, 0.15) is 6.04 Å². The van der Waals surface area contributed by atoms with Gasteiger partial charge in [-0.2, -0.15) is 0 Å². The quantitative estimate of drug-likeness (QED) is 0.472. The van der Waals surface area contributed by atoms with Crippen molar-refractivity contribution in [2.24, 2.45) is 11.3 Å². The van der Waals surface area contributed by atoms with Gasteiger partial charge in [0, 0.05) is 44.5 Å². The van der Waals surface area contributed by atoms with Crippen LogP contribution >= 0.6 is 0 Å². The number of likely N-dealkylation sites (tertiary alicyclic amines) is 1. The maximum absolute atomic E-state index is 13.8. The summed E-state index contributed by atoms with van der Waals surface area (Å²) in [7, 11) is 0. The fraction of sp³-hybridized carbons (Fsp3) is 0.500. The van der Waals surface area contributed by atoms with Gasteiger partial charge in [-0.15, -0.1) is 0 Å². The maximum atomic E-state index is 13.8. The van der Waals surface area contributed by atoms with Crippen molar-refractivity contribution in [3.05, 3.63) is 77.4 Å². The van der Waals surface area contributed by atoms with E-state index in [1.54, 1.807) is 0 Å². The molecule has 42 heavy (non-hydrogen) atoms. The average Bonchev–Trinajstić information content (AvgIpc) is 2.98. The lowest BCUT2D eigenvalue weighted by molar-refractivity contribution is -0.140. The van der Waals surface area contributed by atoms with Gasteiger partial charge in [-0.05, 0) is 69.1 Å². The Bertz CT molecular complexity index is 1290. The fourth-order valence-electron chi connectivity index (χ4n) is 6.55. The number of anilines is 1. The number of hydrogen-bond acceptors (Lipinski definition) is 5. The van der Waals surface area contributed by atoms with Crippen LogP contribution in [0.15, 0.2) is 60.7 Å².